The molecule has 340 valence electrons. The number of allylic oxidation sites excluding steroid dienone is 12. The molecule has 3 N–H and O–H groups in total. The molecule has 59 heavy (non-hydrogen) atoms. The molecule has 0 aliphatic rings. The van der Waals surface area contributed by atoms with Crippen LogP contribution in [-0.4, -0.2) is 46.9 Å². The maximum absolute atomic E-state index is 13.2. The van der Waals surface area contributed by atoms with Crippen LogP contribution in [0.1, 0.15) is 226 Å². The Labute approximate surface area is 364 Å². The minimum Gasteiger partial charge on any atom is -0.462 e. The topological polar surface area (TPSA) is 95.9 Å². The van der Waals surface area contributed by atoms with Crippen molar-refractivity contribution < 1.29 is 24.5 Å². The number of unbranched alkanes of at least 4 members (excludes halogenated alkanes) is 22. The fourth-order valence-corrected chi connectivity index (χ4v) is 7.18. The lowest BCUT2D eigenvalue weighted by Crippen LogP contribution is -2.46. The second-order valence-electron chi connectivity index (χ2n) is 16.5. The van der Waals surface area contributed by atoms with Gasteiger partial charge in [0.1, 0.15) is 6.10 Å². The van der Waals surface area contributed by atoms with Gasteiger partial charge in [-0.15, -0.1) is 0 Å². The lowest BCUT2D eigenvalue weighted by molar-refractivity contribution is -0.151. The number of esters is 1. The van der Waals surface area contributed by atoms with E-state index in [1.165, 1.54) is 83.5 Å². The van der Waals surface area contributed by atoms with Gasteiger partial charge in [0.15, 0.2) is 0 Å². The Morgan fingerprint density at radius 1 is 0.525 bits per heavy atom. The lowest BCUT2D eigenvalue weighted by Gasteiger charge is -2.24. The molecule has 6 nitrogen and oxygen atoms in total. The number of carbonyl (C=O) groups is 2. The number of hydrogen-bond donors (Lipinski definition) is 3. The maximum atomic E-state index is 13.2. The second-order valence-corrected chi connectivity index (χ2v) is 16.5. The molecule has 0 saturated heterocycles. The number of rotatable bonds is 43. The van der Waals surface area contributed by atoms with Crippen LogP contribution in [0.5, 0.6) is 0 Å². The summed E-state index contributed by atoms with van der Waals surface area (Å²) < 4.78 is 5.89. The molecule has 0 fully saturated rings. The zero-order chi connectivity index (χ0) is 43.1. The predicted octanol–water partition coefficient (Wildman–Crippen LogP) is 14.6. The minimum atomic E-state index is -0.801. The molecule has 0 spiro atoms. The third-order valence-electron chi connectivity index (χ3n) is 10.9. The number of carbonyl (C=O) groups excluding carboxylic acids is 2. The van der Waals surface area contributed by atoms with Gasteiger partial charge < -0.3 is 20.3 Å². The molecule has 0 aliphatic carbocycles. The van der Waals surface area contributed by atoms with Crippen molar-refractivity contribution in [1.82, 2.24) is 5.32 Å². The Hall–Kier alpha value is -2.70. The minimum absolute atomic E-state index is 0.0492. The molecule has 0 aromatic heterocycles. The third kappa shape index (κ3) is 41.8. The number of aliphatic hydroxyl groups excluding tert-OH is 2. The van der Waals surface area contributed by atoms with Crippen LogP contribution >= 0.6 is 0 Å². The fraction of sp³-hybridized carbons (Fsp3) is 0.736. The summed E-state index contributed by atoms with van der Waals surface area (Å²) in [4.78, 5) is 26.1. The van der Waals surface area contributed by atoms with Crippen molar-refractivity contribution in [2.24, 2.45) is 0 Å². The molecule has 0 radical (unpaired) electrons. The van der Waals surface area contributed by atoms with E-state index in [2.05, 4.69) is 68.6 Å². The second kappa shape index (κ2) is 46.4. The first-order valence-electron chi connectivity index (χ1n) is 24.7. The Morgan fingerprint density at radius 3 is 1.58 bits per heavy atom. The van der Waals surface area contributed by atoms with E-state index >= 15 is 0 Å². The summed E-state index contributed by atoms with van der Waals surface area (Å²) in [5.41, 5.74) is 0. The molecule has 3 unspecified atom stereocenters. The van der Waals surface area contributed by atoms with Crippen molar-refractivity contribution in [1.29, 1.82) is 0 Å². The smallest absolute Gasteiger partial charge is 0.306 e. The summed E-state index contributed by atoms with van der Waals surface area (Å²) in [5.74, 6) is -0.538. The fourth-order valence-electron chi connectivity index (χ4n) is 7.18. The number of amides is 1. The molecule has 3 atom stereocenters. The number of nitrogens with one attached hydrogen (secondary N) is 1. The van der Waals surface area contributed by atoms with Gasteiger partial charge in [-0.3, -0.25) is 9.59 Å². The van der Waals surface area contributed by atoms with Crippen molar-refractivity contribution in [2.45, 2.75) is 244 Å². The van der Waals surface area contributed by atoms with Crippen molar-refractivity contribution in [3.63, 3.8) is 0 Å². The largest absolute Gasteiger partial charge is 0.462 e. The highest BCUT2D eigenvalue weighted by molar-refractivity contribution is 5.77. The van der Waals surface area contributed by atoms with Crippen LogP contribution in [0.25, 0.3) is 0 Å². The molecule has 6 heteroatoms. The van der Waals surface area contributed by atoms with Crippen LogP contribution in [0.15, 0.2) is 72.9 Å². The van der Waals surface area contributed by atoms with Crippen molar-refractivity contribution in [3.05, 3.63) is 72.9 Å². The van der Waals surface area contributed by atoms with Crippen LogP contribution in [-0.2, 0) is 14.3 Å². The summed E-state index contributed by atoms with van der Waals surface area (Å²) in [6.45, 7) is 6.22. The zero-order valence-corrected chi connectivity index (χ0v) is 38.6. The highest BCUT2D eigenvalue weighted by atomic mass is 16.5. The molecular formula is C53H93NO5. The number of hydrogen-bond acceptors (Lipinski definition) is 5. The summed E-state index contributed by atoms with van der Waals surface area (Å²) >= 11 is 0. The first kappa shape index (κ1) is 56.3. The molecule has 0 aromatic rings. The van der Waals surface area contributed by atoms with Crippen LogP contribution in [0.2, 0.25) is 0 Å². The van der Waals surface area contributed by atoms with E-state index < -0.39 is 18.2 Å². The third-order valence-corrected chi connectivity index (χ3v) is 10.9. The molecule has 0 aromatic carbocycles. The Morgan fingerprint density at radius 2 is 1.00 bits per heavy atom. The molecule has 0 rings (SSSR count). The van der Waals surface area contributed by atoms with Crippen molar-refractivity contribution in [3.8, 4) is 0 Å². The monoisotopic (exact) mass is 824 g/mol. The van der Waals surface area contributed by atoms with Gasteiger partial charge in [0.2, 0.25) is 5.91 Å². The van der Waals surface area contributed by atoms with Crippen molar-refractivity contribution >= 4 is 11.9 Å². The molecule has 0 bridgehead atoms. The highest BCUT2D eigenvalue weighted by Crippen LogP contribution is 2.17. The summed E-state index contributed by atoms with van der Waals surface area (Å²) in [6, 6.07) is -0.717. The normalized spacial score (nSPS) is 13.9. The van der Waals surface area contributed by atoms with E-state index in [1.807, 2.05) is 30.4 Å². The Bertz CT molecular complexity index is 1110. The Kier molecular flexibility index (Phi) is 44.2. The van der Waals surface area contributed by atoms with Crippen LogP contribution in [0.3, 0.4) is 0 Å². The van der Waals surface area contributed by atoms with Gasteiger partial charge in [0.05, 0.1) is 25.2 Å². The van der Waals surface area contributed by atoms with Gasteiger partial charge in [0.25, 0.3) is 0 Å². The molecule has 0 heterocycles. The van der Waals surface area contributed by atoms with Crippen LogP contribution in [0.4, 0.5) is 0 Å². The SMILES string of the molecule is CC/C=C/C=C/C=C\C=C/CCCCCC(=O)OC(CCCCCCC/C=C/C/C=C/CC)CC(=O)NC(CO)C(O)CCCCCCCCCCCCCCCCC. The average Bonchev–Trinajstić information content (AvgIpc) is 3.23. The maximum Gasteiger partial charge on any atom is 0.306 e. The summed E-state index contributed by atoms with van der Waals surface area (Å²) in [5, 5.41) is 23.7. The zero-order valence-electron chi connectivity index (χ0n) is 38.6. The molecule has 1 amide bonds. The van der Waals surface area contributed by atoms with E-state index in [1.54, 1.807) is 0 Å². The Balaban J connectivity index is 4.62. The summed E-state index contributed by atoms with van der Waals surface area (Å²) in [6.07, 6.45) is 58.2. The molecule has 0 aliphatic heterocycles. The van der Waals surface area contributed by atoms with E-state index in [-0.39, 0.29) is 24.9 Å². The van der Waals surface area contributed by atoms with Crippen LogP contribution in [0, 0.1) is 0 Å². The number of aliphatic hydroxyl groups is 2. The van der Waals surface area contributed by atoms with Gasteiger partial charge in [-0.1, -0.05) is 216 Å². The summed E-state index contributed by atoms with van der Waals surface area (Å²) in [7, 11) is 0. The molecular weight excluding hydrogens is 731 g/mol. The van der Waals surface area contributed by atoms with Gasteiger partial charge in [0, 0.05) is 6.42 Å². The van der Waals surface area contributed by atoms with Gasteiger partial charge in [-0.05, 0) is 70.6 Å². The van der Waals surface area contributed by atoms with Gasteiger partial charge >= 0.3 is 5.97 Å². The number of ether oxygens (including phenoxy) is 1. The van der Waals surface area contributed by atoms with Gasteiger partial charge in [-0.2, -0.15) is 0 Å². The van der Waals surface area contributed by atoms with Gasteiger partial charge in [-0.25, -0.2) is 0 Å². The highest BCUT2D eigenvalue weighted by Gasteiger charge is 2.24. The van der Waals surface area contributed by atoms with E-state index in [0.717, 1.165) is 96.3 Å². The van der Waals surface area contributed by atoms with E-state index in [0.29, 0.717) is 19.3 Å². The lowest BCUT2D eigenvalue weighted by atomic mass is 10.0. The van der Waals surface area contributed by atoms with Crippen LogP contribution < -0.4 is 5.32 Å². The van der Waals surface area contributed by atoms with E-state index in [4.69, 9.17) is 4.74 Å². The first-order chi connectivity index (χ1) is 29.0. The predicted molar refractivity (Wildman–Crippen MR) is 255 cm³/mol. The first-order valence-corrected chi connectivity index (χ1v) is 24.7. The molecule has 0 saturated carbocycles. The standard InChI is InChI=1S/C53H93NO5/c1-4-7-10-13-16-19-22-25-26-28-30-33-36-39-42-45-51(56)50(48-55)54-52(57)47-49(44-41-38-35-32-29-24-21-18-15-12-9-6-3)59-53(58)46-43-40-37-34-31-27-23-20-17-14-11-8-5-2/h8-9,11-12,14,17-18,20-21,23,27,31,49-51,55-56H,4-7,10,13,15-16,19,22,24-26,28-30,32-48H2,1-3H3,(H,54,57)/b11-8+,12-9+,17-14+,21-18+,23-20-,31-27-. The van der Waals surface area contributed by atoms with E-state index in [9.17, 15) is 19.8 Å². The average molecular weight is 824 g/mol. The van der Waals surface area contributed by atoms with Crippen molar-refractivity contribution in [2.75, 3.05) is 6.61 Å². The quantitative estimate of drug-likeness (QED) is 0.0246.